The van der Waals surface area contributed by atoms with Crippen LogP contribution in [0.3, 0.4) is 0 Å². The maximum Gasteiger partial charge on any atom is 0.573 e. The summed E-state index contributed by atoms with van der Waals surface area (Å²) >= 11 is 0. The lowest BCUT2D eigenvalue weighted by atomic mass is 10.1. The minimum Gasteiger partial charge on any atom is -0.406 e. The molecule has 1 aromatic carbocycles. The van der Waals surface area contributed by atoms with Gasteiger partial charge in [-0.2, -0.15) is 0 Å². The zero-order valence-corrected chi connectivity index (χ0v) is 10.3. The first-order valence-electron chi connectivity index (χ1n) is 5.51. The molecule has 2 aromatic rings. The molecule has 0 aliphatic carbocycles. The Morgan fingerprint density at radius 2 is 1.68 bits per heavy atom. The minimum atomic E-state index is -4.68. The largest absolute Gasteiger partial charge is 0.573 e. The molecule has 0 aliphatic heterocycles. The summed E-state index contributed by atoms with van der Waals surface area (Å²) in [7, 11) is 0. The molecule has 0 N–H and O–H groups in total. The third-order valence-corrected chi connectivity index (χ3v) is 2.43. The predicted molar refractivity (Wildman–Crippen MR) is 63.6 cm³/mol. The van der Waals surface area contributed by atoms with Gasteiger partial charge in [0.05, 0.1) is 17.1 Å². The minimum absolute atomic E-state index is 0.256. The molecule has 1 aromatic heterocycles. The zero-order chi connectivity index (χ0) is 14.0. The molecule has 0 saturated heterocycles. The number of hydrogen-bond donors (Lipinski definition) is 0. The number of hydrogen-bond acceptors (Lipinski definition) is 3. The van der Waals surface area contributed by atoms with Crippen molar-refractivity contribution >= 4 is 0 Å². The second kappa shape index (κ2) is 4.87. The maximum absolute atomic E-state index is 12.0. The second-order valence-corrected chi connectivity index (χ2v) is 4.02. The van der Waals surface area contributed by atoms with Gasteiger partial charge in [-0.25, -0.2) is 0 Å². The van der Waals surface area contributed by atoms with E-state index < -0.39 is 6.36 Å². The maximum atomic E-state index is 12.0. The molecule has 0 atom stereocenters. The van der Waals surface area contributed by atoms with Gasteiger partial charge in [-0.3, -0.25) is 9.97 Å². The number of rotatable bonds is 2. The van der Waals surface area contributed by atoms with E-state index in [9.17, 15) is 13.2 Å². The van der Waals surface area contributed by atoms with E-state index in [0.717, 1.165) is 11.4 Å². The Morgan fingerprint density at radius 1 is 1.05 bits per heavy atom. The highest BCUT2D eigenvalue weighted by atomic mass is 19.4. The van der Waals surface area contributed by atoms with E-state index in [1.165, 1.54) is 24.3 Å². The summed E-state index contributed by atoms with van der Waals surface area (Å²) in [6.07, 6.45) is -3.07. The van der Waals surface area contributed by atoms with Gasteiger partial charge in [0.1, 0.15) is 5.75 Å². The first-order valence-corrected chi connectivity index (χ1v) is 5.51. The van der Waals surface area contributed by atoms with E-state index in [2.05, 4.69) is 14.7 Å². The van der Waals surface area contributed by atoms with Crippen molar-refractivity contribution in [3.63, 3.8) is 0 Å². The van der Waals surface area contributed by atoms with Crippen LogP contribution in [0.4, 0.5) is 13.2 Å². The molecule has 3 nitrogen and oxygen atoms in total. The average molecular weight is 268 g/mol. The SMILES string of the molecule is Cc1cnc(-c2ccc(OC(F)(F)F)cc2)c(C)n1. The van der Waals surface area contributed by atoms with Gasteiger partial charge in [0.15, 0.2) is 0 Å². The number of benzene rings is 1. The third kappa shape index (κ3) is 3.43. The summed E-state index contributed by atoms with van der Waals surface area (Å²) in [5.74, 6) is -0.256. The van der Waals surface area contributed by atoms with Crippen molar-refractivity contribution in [1.82, 2.24) is 9.97 Å². The highest BCUT2D eigenvalue weighted by molar-refractivity contribution is 5.62. The molecule has 0 radical (unpaired) electrons. The molecule has 6 heteroatoms. The number of ether oxygens (including phenoxy) is 1. The molecule has 0 spiro atoms. The van der Waals surface area contributed by atoms with Gasteiger partial charge in [0, 0.05) is 11.8 Å². The third-order valence-electron chi connectivity index (χ3n) is 2.43. The van der Waals surface area contributed by atoms with Crippen LogP contribution < -0.4 is 4.74 Å². The second-order valence-electron chi connectivity index (χ2n) is 4.02. The van der Waals surface area contributed by atoms with Gasteiger partial charge < -0.3 is 4.74 Å². The Balaban J connectivity index is 2.27. The zero-order valence-electron chi connectivity index (χ0n) is 10.3. The standard InChI is InChI=1S/C13H11F3N2O/c1-8-7-17-12(9(2)18-8)10-3-5-11(6-4-10)19-13(14,15)16/h3-7H,1-2H3. The molecule has 0 bridgehead atoms. The monoisotopic (exact) mass is 268 g/mol. The Kier molecular flexibility index (Phi) is 3.42. The van der Waals surface area contributed by atoms with Crippen molar-refractivity contribution in [2.24, 2.45) is 0 Å². The number of nitrogens with zero attached hydrogens (tertiary/aromatic N) is 2. The van der Waals surface area contributed by atoms with Gasteiger partial charge in [0.25, 0.3) is 0 Å². The van der Waals surface area contributed by atoms with Crippen LogP contribution in [-0.4, -0.2) is 16.3 Å². The molecule has 0 saturated carbocycles. The van der Waals surface area contributed by atoms with E-state index in [1.54, 1.807) is 13.1 Å². The Bertz CT molecular complexity index is 579. The van der Waals surface area contributed by atoms with Crippen molar-refractivity contribution in [2.75, 3.05) is 0 Å². The van der Waals surface area contributed by atoms with Gasteiger partial charge in [-0.1, -0.05) is 0 Å². The van der Waals surface area contributed by atoms with Gasteiger partial charge in [-0.05, 0) is 38.1 Å². The molecule has 0 fully saturated rings. The molecule has 0 unspecified atom stereocenters. The molecule has 2 rings (SSSR count). The number of aryl methyl sites for hydroxylation is 2. The first-order chi connectivity index (χ1) is 8.85. The predicted octanol–water partition coefficient (Wildman–Crippen LogP) is 3.66. The quantitative estimate of drug-likeness (QED) is 0.833. The van der Waals surface area contributed by atoms with Crippen LogP contribution in [-0.2, 0) is 0 Å². The van der Waals surface area contributed by atoms with Crippen LogP contribution in [0.2, 0.25) is 0 Å². The van der Waals surface area contributed by atoms with E-state index in [-0.39, 0.29) is 5.75 Å². The molecular formula is C13H11F3N2O. The van der Waals surface area contributed by atoms with E-state index in [0.29, 0.717) is 11.3 Å². The molecule has 0 amide bonds. The Labute approximate surface area is 108 Å². The summed E-state index contributed by atoms with van der Waals surface area (Å²) in [4.78, 5) is 8.48. The molecule has 100 valence electrons. The Morgan fingerprint density at radius 3 is 2.21 bits per heavy atom. The van der Waals surface area contributed by atoms with Gasteiger partial charge in [-0.15, -0.1) is 13.2 Å². The normalized spacial score (nSPS) is 11.4. The highest BCUT2D eigenvalue weighted by Crippen LogP contribution is 2.26. The number of alkyl halides is 3. The van der Waals surface area contributed by atoms with Crippen LogP contribution in [0.25, 0.3) is 11.3 Å². The van der Waals surface area contributed by atoms with Crippen molar-refractivity contribution in [1.29, 1.82) is 0 Å². The fourth-order valence-electron chi connectivity index (χ4n) is 1.70. The average Bonchev–Trinajstić information content (AvgIpc) is 2.28. The van der Waals surface area contributed by atoms with E-state index >= 15 is 0 Å². The van der Waals surface area contributed by atoms with E-state index in [4.69, 9.17) is 0 Å². The van der Waals surface area contributed by atoms with Crippen molar-refractivity contribution in [3.8, 4) is 17.0 Å². The molecule has 0 aliphatic rings. The highest BCUT2D eigenvalue weighted by Gasteiger charge is 2.30. The lowest BCUT2D eigenvalue weighted by Gasteiger charge is -2.10. The lowest BCUT2D eigenvalue weighted by Crippen LogP contribution is -2.16. The summed E-state index contributed by atoms with van der Waals surface area (Å²) in [6.45, 7) is 3.62. The lowest BCUT2D eigenvalue weighted by molar-refractivity contribution is -0.274. The van der Waals surface area contributed by atoms with Crippen molar-refractivity contribution in [3.05, 3.63) is 41.9 Å². The van der Waals surface area contributed by atoms with Crippen LogP contribution in [0, 0.1) is 13.8 Å². The number of aromatic nitrogens is 2. The topological polar surface area (TPSA) is 35.0 Å². The molecule has 19 heavy (non-hydrogen) atoms. The fraction of sp³-hybridized carbons (Fsp3) is 0.231. The van der Waals surface area contributed by atoms with Crippen LogP contribution in [0.15, 0.2) is 30.5 Å². The summed E-state index contributed by atoms with van der Waals surface area (Å²) in [5, 5.41) is 0. The van der Waals surface area contributed by atoms with Crippen molar-refractivity contribution < 1.29 is 17.9 Å². The summed E-state index contributed by atoms with van der Waals surface area (Å²) < 4.78 is 39.9. The first kappa shape index (κ1) is 13.3. The molecular weight excluding hydrogens is 257 g/mol. The van der Waals surface area contributed by atoms with Crippen LogP contribution in [0.1, 0.15) is 11.4 Å². The van der Waals surface area contributed by atoms with Gasteiger partial charge in [0.2, 0.25) is 0 Å². The summed E-state index contributed by atoms with van der Waals surface area (Å²) in [6, 6.07) is 5.55. The number of halogens is 3. The smallest absolute Gasteiger partial charge is 0.406 e. The summed E-state index contributed by atoms with van der Waals surface area (Å²) in [5.41, 5.74) is 2.85. The Hall–Kier alpha value is -2.11. The fourth-order valence-corrected chi connectivity index (χ4v) is 1.70. The van der Waals surface area contributed by atoms with Gasteiger partial charge >= 0.3 is 6.36 Å². The molecule has 1 heterocycles. The van der Waals surface area contributed by atoms with Crippen LogP contribution in [0.5, 0.6) is 5.75 Å². The van der Waals surface area contributed by atoms with Crippen molar-refractivity contribution in [2.45, 2.75) is 20.2 Å². The van der Waals surface area contributed by atoms with E-state index in [1.807, 2.05) is 6.92 Å². The van der Waals surface area contributed by atoms with Crippen LogP contribution >= 0.6 is 0 Å².